The predicted molar refractivity (Wildman–Crippen MR) is 115 cm³/mol. The van der Waals surface area contributed by atoms with Crippen molar-refractivity contribution in [1.82, 2.24) is 4.98 Å². The van der Waals surface area contributed by atoms with E-state index in [1.54, 1.807) is 24.3 Å². The molecule has 1 saturated heterocycles. The number of Topliss-reactive ketones (excluding diaryl/α,β-unsaturated/α-hetero) is 1. The predicted octanol–water partition coefficient (Wildman–Crippen LogP) is 4.98. The maximum Gasteiger partial charge on any atom is 0.301 e. The number of ketones is 1. The van der Waals surface area contributed by atoms with Gasteiger partial charge in [-0.2, -0.15) is 11.3 Å². The van der Waals surface area contributed by atoms with E-state index in [1.807, 2.05) is 47.2 Å². The van der Waals surface area contributed by atoms with Gasteiger partial charge in [-0.15, -0.1) is 0 Å². The molecule has 5 rings (SSSR count). The molecule has 5 nitrogen and oxygen atoms in total. The summed E-state index contributed by atoms with van der Waals surface area (Å²) in [5, 5.41) is 15.2. The maximum atomic E-state index is 13.0. The van der Waals surface area contributed by atoms with Gasteiger partial charge in [0.2, 0.25) is 0 Å². The highest BCUT2D eigenvalue weighted by Crippen LogP contribution is 2.44. The van der Waals surface area contributed by atoms with Crippen molar-refractivity contribution in [3.8, 4) is 0 Å². The number of fused-ring (bicyclic) bond motifs is 1. The average Bonchev–Trinajstić information content (AvgIpc) is 3.47. The molecule has 1 atom stereocenters. The molecule has 7 heteroatoms. The second kappa shape index (κ2) is 6.95. The molecule has 0 saturated carbocycles. The van der Waals surface area contributed by atoms with Gasteiger partial charge in [0, 0.05) is 5.56 Å². The lowest BCUT2D eigenvalue weighted by Crippen LogP contribution is -2.29. The molecule has 142 valence electrons. The molecule has 3 heterocycles. The van der Waals surface area contributed by atoms with Crippen LogP contribution in [0.1, 0.15) is 17.2 Å². The van der Waals surface area contributed by atoms with E-state index in [1.165, 1.54) is 27.6 Å². The Morgan fingerprint density at radius 3 is 2.48 bits per heavy atom. The van der Waals surface area contributed by atoms with Crippen molar-refractivity contribution >= 4 is 55.5 Å². The molecule has 1 aliphatic heterocycles. The van der Waals surface area contributed by atoms with E-state index in [4.69, 9.17) is 0 Å². The Bertz CT molecular complexity index is 1230. The second-order valence-electron chi connectivity index (χ2n) is 6.56. The summed E-state index contributed by atoms with van der Waals surface area (Å²) in [6.45, 7) is 0. The molecule has 1 unspecified atom stereocenters. The molecule has 1 aliphatic rings. The van der Waals surface area contributed by atoms with E-state index in [9.17, 15) is 14.7 Å². The zero-order chi connectivity index (χ0) is 20.0. The van der Waals surface area contributed by atoms with Gasteiger partial charge < -0.3 is 5.11 Å². The molecule has 4 aromatic rings. The lowest BCUT2D eigenvalue weighted by Gasteiger charge is -2.21. The minimum Gasteiger partial charge on any atom is -0.507 e. The van der Waals surface area contributed by atoms with Crippen molar-refractivity contribution in [1.29, 1.82) is 0 Å². The summed E-state index contributed by atoms with van der Waals surface area (Å²) in [5.74, 6) is -1.57. The summed E-state index contributed by atoms with van der Waals surface area (Å²) in [7, 11) is 0. The van der Waals surface area contributed by atoms with Gasteiger partial charge in [0.15, 0.2) is 5.13 Å². The number of amides is 1. The fourth-order valence-electron chi connectivity index (χ4n) is 3.49. The van der Waals surface area contributed by atoms with Gasteiger partial charge in [-0.05, 0) is 34.5 Å². The molecule has 0 spiro atoms. The number of carbonyl (C=O) groups excluding carboxylic acids is 2. The third kappa shape index (κ3) is 2.86. The number of carbonyl (C=O) groups is 2. The van der Waals surface area contributed by atoms with Crippen LogP contribution in [-0.4, -0.2) is 21.8 Å². The monoisotopic (exact) mass is 418 g/mol. The highest BCUT2D eigenvalue weighted by Gasteiger charge is 2.48. The molecule has 0 aliphatic carbocycles. The molecule has 29 heavy (non-hydrogen) atoms. The topological polar surface area (TPSA) is 70.5 Å². The van der Waals surface area contributed by atoms with Crippen molar-refractivity contribution in [3.63, 3.8) is 0 Å². The standard InChI is InChI=1S/C22H14N2O3S2/c25-19(13-6-2-1-3-7-13)17-18(14-10-11-28-12-14)24(21(27)20(17)26)22-23-15-8-4-5-9-16(15)29-22/h1-12,18,25H. The van der Waals surface area contributed by atoms with Crippen molar-refractivity contribution < 1.29 is 14.7 Å². The van der Waals surface area contributed by atoms with E-state index in [2.05, 4.69) is 4.98 Å². The van der Waals surface area contributed by atoms with Gasteiger partial charge in [-0.25, -0.2) is 4.98 Å². The SMILES string of the molecule is O=C1C(=O)N(c2nc3ccccc3s2)C(c2ccsc2)C1=C(O)c1ccccc1. The third-order valence-electron chi connectivity index (χ3n) is 4.84. The van der Waals surface area contributed by atoms with Crippen molar-refractivity contribution in [2.45, 2.75) is 6.04 Å². The zero-order valence-electron chi connectivity index (χ0n) is 15.0. The minimum absolute atomic E-state index is 0.0823. The number of benzene rings is 2. The number of rotatable bonds is 3. The quantitative estimate of drug-likeness (QED) is 0.289. The smallest absolute Gasteiger partial charge is 0.301 e. The van der Waals surface area contributed by atoms with Crippen LogP contribution in [0.2, 0.25) is 0 Å². The van der Waals surface area contributed by atoms with Gasteiger partial charge in [0.05, 0.1) is 21.8 Å². The van der Waals surface area contributed by atoms with E-state index >= 15 is 0 Å². The van der Waals surface area contributed by atoms with Crippen LogP contribution in [0.5, 0.6) is 0 Å². The van der Waals surface area contributed by atoms with E-state index < -0.39 is 17.7 Å². The summed E-state index contributed by atoms with van der Waals surface area (Å²) in [6.07, 6.45) is 0. The lowest BCUT2D eigenvalue weighted by molar-refractivity contribution is -0.132. The van der Waals surface area contributed by atoms with Crippen LogP contribution in [0.15, 0.2) is 77.0 Å². The summed E-state index contributed by atoms with van der Waals surface area (Å²) < 4.78 is 0.927. The van der Waals surface area contributed by atoms with Crippen LogP contribution >= 0.6 is 22.7 Å². The first-order chi connectivity index (χ1) is 14.1. The summed E-state index contributed by atoms with van der Waals surface area (Å²) in [5.41, 5.74) is 2.11. The van der Waals surface area contributed by atoms with Gasteiger partial charge in [-0.1, -0.05) is 53.8 Å². The normalized spacial score (nSPS) is 18.6. The summed E-state index contributed by atoms with van der Waals surface area (Å²) in [6, 6.07) is 17.5. The van der Waals surface area contributed by atoms with Crippen molar-refractivity contribution in [2.24, 2.45) is 0 Å². The number of nitrogens with zero attached hydrogens (tertiary/aromatic N) is 2. The fraction of sp³-hybridized carbons (Fsp3) is 0.0455. The number of hydrogen-bond donors (Lipinski definition) is 1. The molecular formula is C22H14N2O3S2. The molecular weight excluding hydrogens is 404 g/mol. The number of thiophene rings is 1. The second-order valence-corrected chi connectivity index (χ2v) is 8.35. The van der Waals surface area contributed by atoms with Gasteiger partial charge >= 0.3 is 5.91 Å². The Balaban J connectivity index is 1.73. The Hall–Kier alpha value is -3.29. The van der Waals surface area contributed by atoms with Gasteiger partial charge in [0.25, 0.3) is 5.78 Å². The van der Waals surface area contributed by atoms with Gasteiger partial charge in [-0.3, -0.25) is 14.5 Å². The van der Waals surface area contributed by atoms with Crippen molar-refractivity contribution in [3.05, 3.63) is 88.1 Å². The zero-order valence-corrected chi connectivity index (χ0v) is 16.6. The number of thiazole rings is 1. The van der Waals surface area contributed by atoms with E-state index in [-0.39, 0.29) is 11.3 Å². The summed E-state index contributed by atoms with van der Waals surface area (Å²) in [4.78, 5) is 32.0. The Labute approximate surface area is 174 Å². The molecule has 0 radical (unpaired) electrons. The maximum absolute atomic E-state index is 13.0. The van der Waals surface area contributed by atoms with Crippen LogP contribution in [0.3, 0.4) is 0 Å². The Kier molecular flexibility index (Phi) is 4.26. The molecule has 2 aromatic heterocycles. The molecule has 0 bridgehead atoms. The number of aromatic nitrogens is 1. The number of aliphatic hydroxyl groups excluding tert-OH is 1. The molecule has 1 fully saturated rings. The number of para-hydroxylation sites is 1. The van der Waals surface area contributed by atoms with Crippen molar-refractivity contribution in [2.75, 3.05) is 4.90 Å². The fourth-order valence-corrected chi connectivity index (χ4v) is 5.16. The molecule has 1 N–H and O–H groups in total. The van der Waals surface area contributed by atoms with E-state index in [0.717, 1.165) is 15.8 Å². The number of anilines is 1. The largest absolute Gasteiger partial charge is 0.507 e. The highest BCUT2D eigenvalue weighted by atomic mass is 32.1. The Morgan fingerprint density at radius 1 is 1.00 bits per heavy atom. The Morgan fingerprint density at radius 2 is 1.76 bits per heavy atom. The third-order valence-corrected chi connectivity index (χ3v) is 6.58. The minimum atomic E-state index is -0.720. The molecule has 1 amide bonds. The van der Waals surface area contributed by atoms with Crippen LogP contribution in [0.4, 0.5) is 5.13 Å². The first-order valence-corrected chi connectivity index (χ1v) is 10.6. The van der Waals surface area contributed by atoms with Crippen LogP contribution in [-0.2, 0) is 9.59 Å². The lowest BCUT2D eigenvalue weighted by atomic mass is 9.97. The van der Waals surface area contributed by atoms with E-state index in [0.29, 0.717) is 10.7 Å². The van der Waals surface area contributed by atoms with Crippen LogP contribution < -0.4 is 4.90 Å². The summed E-state index contributed by atoms with van der Waals surface area (Å²) >= 11 is 2.82. The number of hydrogen-bond acceptors (Lipinski definition) is 6. The highest BCUT2D eigenvalue weighted by molar-refractivity contribution is 7.22. The first-order valence-electron chi connectivity index (χ1n) is 8.89. The average molecular weight is 418 g/mol. The van der Waals surface area contributed by atoms with Crippen LogP contribution in [0, 0.1) is 0 Å². The van der Waals surface area contributed by atoms with Gasteiger partial charge in [0.1, 0.15) is 5.76 Å². The van der Waals surface area contributed by atoms with Crippen LogP contribution in [0.25, 0.3) is 16.0 Å². The molecule has 2 aromatic carbocycles. The number of aliphatic hydroxyl groups is 1. The first kappa shape index (κ1) is 17.8.